The van der Waals surface area contributed by atoms with Crippen molar-refractivity contribution < 1.29 is 13.6 Å². The predicted octanol–water partition coefficient (Wildman–Crippen LogP) is 3.02. The first-order valence-corrected chi connectivity index (χ1v) is 5.17. The number of halogens is 2. The van der Waals surface area contributed by atoms with E-state index < -0.39 is 11.6 Å². The van der Waals surface area contributed by atoms with Crippen LogP contribution in [0.2, 0.25) is 0 Å². The quantitative estimate of drug-likeness (QED) is 0.749. The van der Waals surface area contributed by atoms with Crippen LogP contribution in [-0.2, 0) is 6.54 Å². The Morgan fingerprint density at radius 1 is 1.24 bits per heavy atom. The van der Waals surface area contributed by atoms with Gasteiger partial charge < -0.3 is 4.57 Å². The lowest BCUT2D eigenvalue weighted by molar-refractivity contribution is 0.101. The van der Waals surface area contributed by atoms with Crippen molar-refractivity contribution in [3.63, 3.8) is 0 Å². The summed E-state index contributed by atoms with van der Waals surface area (Å²) >= 11 is 0. The van der Waals surface area contributed by atoms with Crippen LogP contribution in [0.15, 0.2) is 36.7 Å². The van der Waals surface area contributed by atoms with E-state index in [1.165, 1.54) is 25.1 Å². The van der Waals surface area contributed by atoms with Crippen molar-refractivity contribution in [3.8, 4) is 0 Å². The molecule has 0 fully saturated rings. The van der Waals surface area contributed by atoms with E-state index in [9.17, 15) is 13.6 Å². The van der Waals surface area contributed by atoms with Crippen molar-refractivity contribution in [1.82, 2.24) is 4.57 Å². The van der Waals surface area contributed by atoms with E-state index in [1.807, 2.05) is 0 Å². The fourth-order valence-corrected chi connectivity index (χ4v) is 1.61. The Morgan fingerprint density at radius 2 is 1.88 bits per heavy atom. The smallest absolute Gasteiger partial charge is 0.161 e. The van der Waals surface area contributed by atoms with E-state index in [0.29, 0.717) is 5.56 Å². The summed E-state index contributed by atoms with van der Waals surface area (Å²) in [4.78, 5) is 11.1. The Labute approximate surface area is 97.5 Å². The van der Waals surface area contributed by atoms with E-state index in [1.54, 1.807) is 23.0 Å². The van der Waals surface area contributed by atoms with Gasteiger partial charge in [-0.15, -0.1) is 0 Å². The molecule has 0 amide bonds. The van der Waals surface area contributed by atoms with Crippen molar-refractivity contribution in [2.45, 2.75) is 13.5 Å². The fraction of sp³-hybridized carbons (Fsp3) is 0.154. The van der Waals surface area contributed by atoms with Gasteiger partial charge in [-0.1, -0.05) is 6.07 Å². The molecular weight excluding hydrogens is 224 g/mol. The molecule has 1 aromatic heterocycles. The molecule has 1 heterocycles. The van der Waals surface area contributed by atoms with Gasteiger partial charge >= 0.3 is 0 Å². The fourth-order valence-electron chi connectivity index (χ4n) is 1.61. The van der Waals surface area contributed by atoms with Gasteiger partial charge in [-0.2, -0.15) is 0 Å². The first-order chi connectivity index (χ1) is 8.08. The zero-order valence-electron chi connectivity index (χ0n) is 9.28. The molecule has 0 aliphatic carbocycles. The molecule has 0 unspecified atom stereocenters. The van der Waals surface area contributed by atoms with Crippen LogP contribution in [0.1, 0.15) is 22.8 Å². The minimum Gasteiger partial charge on any atom is -0.349 e. The zero-order valence-corrected chi connectivity index (χ0v) is 9.28. The van der Waals surface area contributed by atoms with Crippen LogP contribution in [0.4, 0.5) is 8.78 Å². The molecule has 88 valence electrons. The number of benzene rings is 1. The molecule has 1 aromatic carbocycles. The number of hydrogen-bond acceptors (Lipinski definition) is 1. The molecule has 0 atom stereocenters. The predicted molar refractivity (Wildman–Crippen MR) is 59.9 cm³/mol. The lowest BCUT2D eigenvalue weighted by Gasteiger charge is -2.05. The Hall–Kier alpha value is -1.97. The van der Waals surface area contributed by atoms with Crippen LogP contribution in [0, 0.1) is 11.6 Å². The van der Waals surface area contributed by atoms with Gasteiger partial charge in [-0.05, 0) is 25.1 Å². The number of rotatable bonds is 3. The lowest BCUT2D eigenvalue weighted by Crippen LogP contribution is -2.02. The van der Waals surface area contributed by atoms with E-state index in [4.69, 9.17) is 0 Å². The summed E-state index contributed by atoms with van der Waals surface area (Å²) in [5, 5.41) is 0. The van der Waals surface area contributed by atoms with Crippen LogP contribution in [0.3, 0.4) is 0 Å². The molecule has 0 saturated carbocycles. The minimum atomic E-state index is -0.580. The summed E-state index contributed by atoms with van der Waals surface area (Å²) in [5.41, 5.74) is 0.528. The van der Waals surface area contributed by atoms with E-state index >= 15 is 0 Å². The van der Waals surface area contributed by atoms with Gasteiger partial charge in [0.25, 0.3) is 0 Å². The van der Waals surface area contributed by atoms with Crippen LogP contribution in [-0.4, -0.2) is 10.4 Å². The van der Waals surface area contributed by atoms with Crippen molar-refractivity contribution >= 4 is 5.78 Å². The van der Waals surface area contributed by atoms with Crippen molar-refractivity contribution in [2.24, 2.45) is 0 Å². The standard InChI is InChI=1S/C13H11F2NO/c1-9(17)10-5-6-16(7-10)8-11-12(14)3-2-4-13(11)15/h2-7H,8H2,1H3. The van der Waals surface area contributed by atoms with Gasteiger partial charge in [0, 0.05) is 23.5 Å². The molecule has 0 N–H and O–H groups in total. The Balaban J connectivity index is 2.28. The Bertz CT molecular complexity index is 540. The molecule has 0 aliphatic rings. The van der Waals surface area contributed by atoms with Gasteiger partial charge in [-0.3, -0.25) is 4.79 Å². The van der Waals surface area contributed by atoms with Crippen LogP contribution in [0.25, 0.3) is 0 Å². The number of Topliss-reactive ketones (excluding diaryl/α,β-unsaturated/α-hetero) is 1. The first-order valence-electron chi connectivity index (χ1n) is 5.17. The largest absolute Gasteiger partial charge is 0.349 e. The number of carbonyl (C=O) groups is 1. The highest BCUT2D eigenvalue weighted by Crippen LogP contribution is 2.14. The first kappa shape index (κ1) is 11.5. The monoisotopic (exact) mass is 235 g/mol. The lowest BCUT2D eigenvalue weighted by atomic mass is 10.2. The second-order valence-electron chi connectivity index (χ2n) is 3.83. The van der Waals surface area contributed by atoms with Crippen molar-refractivity contribution in [2.75, 3.05) is 0 Å². The maximum Gasteiger partial charge on any atom is 0.161 e. The number of ketones is 1. The number of hydrogen-bond donors (Lipinski definition) is 0. The molecule has 0 radical (unpaired) electrons. The van der Waals surface area contributed by atoms with Crippen molar-refractivity contribution in [1.29, 1.82) is 0 Å². The maximum absolute atomic E-state index is 13.4. The van der Waals surface area contributed by atoms with Gasteiger partial charge in [0.2, 0.25) is 0 Å². The molecule has 4 heteroatoms. The molecular formula is C13H11F2NO. The third kappa shape index (κ3) is 2.41. The second-order valence-corrected chi connectivity index (χ2v) is 3.83. The summed E-state index contributed by atoms with van der Waals surface area (Å²) in [6.45, 7) is 1.52. The zero-order chi connectivity index (χ0) is 12.4. The highest BCUT2D eigenvalue weighted by molar-refractivity contribution is 5.93. The number of aromatic nitrogens is 1. The molecule has 0 spiro atoms. The number of nitrogens with zero attached hydrogens (tertiary/aromatic N) is 1. The SMILES string of the molecule is CC(=O)c1ccn(Cc2c(F)cccc2F)c1. The normalized spacial score (nSPS) is 10.5. The summed E-state index contributed by atoms with van der Waals surface area (Å²) < 4.78 is 28.3. The third-order valence-corrected chi connectivity index (χ3v) is 2.56. The molecule has 2 nitrogen and oxygen atoms in total. The van der Waals surface area contributed by atoms with E-state index in [-0.39, 0.29) is 17.9 Å². The van der Waals surface area contributed by atoms with E-state index in [0.717, 1.165) is 0 Å². The molecule has 2 aromatic rings. The van der Waals surface area contributed by atoms with Gasteiger partial charge in [0.15, 0.2) is 5.78 Å². The molecule has 0 bridgehead atoms. The summed E-state index contributed by atoms with van der Waals surface area (Å²) in [7, 11) is 0. The minimum absolute atomic E-state index is 0.00166. The van der Waals surface area contributed by atoms with Crippen LogP contribution < -0.4 is 0 Å². The Kier molecular flexibility index (Phi) is 3.04. The molecule has 0 aliphatic heterocycles. The number of carbonyl (C=O) groups excluding carboxylic acids is 1. The molecule has 0 saturated heterocycles. The molecule has 2 rings (SSSR count). The summed E-state index contributed by atoms with van der Waals surface area (Å²) in [6.07, 6.45) is 3.21. The van der Waals surface area contributed by atoms with Gasteiger partial charge in [-0.25, -0.2) is 8.78 Å². The second kappa shape index (κ2) is 4.49. The average molecular weight is 235 g/mol. The highest BCUT2D eigenvalue weighted by Gasteiger charge is 2.09. The molecule has 17 heavy (non-hydrogen) atoms. The van der Waals surface area contributed by atoms with E-state index in [2.05, 4.69) is 0 Å². The topological polar surface area (TPSA) is 22.0 Å². The van der Waals surface area contributed by atoms with Crippen LogP contribution >= 0.6 is 0 Å². The Morgan fingerprint density at radius 3 is 2.41 bits per heavy atom. The van der Waals surface area contributed by atoms with Gasteiger partial charge in [0.05, 0.1) is 6.54 Å². The summed E-state index contributed by atoms with van der Waals surface area (Å²) in [5.74, 6) is -1.23. The van der Waals surface area contributed by atoms with Crippen molar-refractivity contribution in [3.05, 3.63) is 59.4 Å². The highest BCUT2D eigenvalue weighted by atomic mass is 19.1. The maximum atomic E-state index is 13.4. The van der Waals surface area contributed by atoms with Gasteiger partial charge in [0.1, 0.15) is 11.6 Å². The summed E-state index contributed by atoms with van der Waals surface area (Å²) in [6, 6.07) is 5.38. The third-order valence-electron chi connectivity index (χ3n) is 2.56. The average Bonchev–Trinajstić information content (AvgIpc) is 2.72. The van der Waals surface area contributed by atoms with Crippen LogP contribution in [0.5, 0.6) is 0 Å².